The lowest BCUT2D eigenvalue weighted by Crippen LogP contribution is -2.03. The first kappa shape index (κ1) is 19.1. The van der Waals surface area contributed by atoms with Crippen LogP contribution in [0.2, 0.25) is 0 Å². The van der Waals surface area contributed by atoms with Gasteiger partial charge in [0.15, 0.2) is 0 Å². The Bertz CT molecular complexity index is 1340. The van der Waals surface area contributed by atoms with Crippen molar-refractivity contribution in [3.63, 3.8) is 0 Å². The van der Waals surface area contributed by atoms with Crippen LogP contribution in [0.1, 0.15) is 5.01 Å². The fraction of sp³-hybridized carbons (Fsp3) is 0. The summed E-state index contributed by atoms with van der Waals surface area (Å²) in [5.74, 6) is -0.342. The molecule has 0 aliphatic rings. The highest BCUT2D eigenvalue weighted by Gasteiger charge is 2.14. The van der Waals surface area contributed by atoms with Crippen LogP contribution in [0.4, 0.5) is 10.1 Å². The maximum atomic E-state index is 13.0. The number of nitriles is 1. The van der Waals surface area contributed by atoms with Gasteiger partial charge in [-0.3, -0.25) is 0 Å². The molecule has 2 heterocycles. The number of anilines is 1. The number of nitrogens with zero attached hydrogens (tertiary/aromatic N) is 2. The third-order valence-corrected chi connectivity index (χ3v) is 5.42. The van der Waals surface area contributed by atoms with Gasteiger partial charge in [0.05, 0.1) is 11.3 Å². The van der Waals surface area contributed by atoms with Crippen molar-refractivity contribution in [2.24, 2.45) is 0 Å². The quantitative estimate of drug-likeness (QED) is 0.303. The highest BCUT2D eigenvalue weighted by molar-refractivity contribution is 9.10. The number of thiazole rings is 1. The van der Waals surface area contributed by atoms with Crippen molar-refractivity contribution in [3.05, 3.63) is 85.8 Å². The van der Waals surface area contributed by atoms with E-state index in [-0.39, 0.29) is 5.82 Å². The van der Waals surface area contributed by atoms with Crippen LogP contribution < -0.4 is 10.9 Å². The van der Waals surface area contributed by atoms with E-state index in [1.807, 2.05) is 6.07 Å². The number of benzene rings is 2. The number of fused-ring (bicyclic) bond motifs is 1. The van der Waals surface area contributed by atoms with Crippen LogP contribution in [0.5, 0.6) is 0 Å². The third-order valence-electron chi connectivity index (χ3n) is 4.05. The number of hydrogen-bond donors (Lipinski definition) is 1. The minimum atomic E-state index is -0.497. The van der Waals surface area contributed by atoms with Crippen molar-refractivity contribution < 1.29 is 8.81 Å². The Morgan fingerprint density at radius 2 is 2.03 bits per heavy atom. The summed E-state index contributed by atoms with van der Waals surface area (Å²) < 4.78 is 19.2. The molecule has 0 saturated carbocycles. The van der Waals surface area contributed by atoms with Crippen molar-refractivity contribution in [2.45, 2.75) is 0 Å². The minimum Gasteiger partial charge on any atom is -0.422 e. The second kappa shape index (κ2) is 7.99. The molecule has 0 bridgehead atoms. The van der Waals surface area contributed by atoms with Gasteiger partial charge in [-0.05, 0) is 48.5 Å². The minimum absolute atomic E-state index is 0.290. The summed E-state index contributed by atoms with van der Waals surface area (Å²) in [6.45, 7) is 0. The molecule has 4 aromatic rings. The monoisotopic (exact) mass is 467 g/mol. The van der Waals surface area contributed by atoms with E-state index in [1.54, 1.807) is 35.7 Å². The van der Waals surface area contributed by atoms with Gasteiger partial charge in [-0.2, -0.15) is 5.26 Å². The molecule has 8 heteroatoms. The van der Waals surface area contributed by atoms with Crippen LogP contribution in [0.25, 0.3) is 27.8 Å². The van der Waals surface area contributed by atoms with E-state index in [4.69, 9.17) is 4.42 Å². The van der Waals surface area contributed by atoms with Crippen molar-refractivity contribution >= 4 is 49.5 Å². The van der Waals surface area contributed by atoms with Crippen LogP contribution in [0, 0.1) is 17.1 Å². The third kappa shape index (κ3) is 4.11. The SMILES string of the molecule is N#C/C(=C/Nc1ccc(F)cc1)c1nc(-c2cc3cc(Br)ccc3oc2=O)cs1. The molecule has 5 nitrogen and oxygen atoms in total. The molecule has 4 rings (SSSR count). The molecule has 0 radical (unpaired) electrons. The van der Waals surface area contributed by atoms with Crippen LogP contribution in [-0.2, 0) is 0 Å². The Morgan fingerprint density at radius 1 is 1.24 bits per heavy atom. The Kier molecular flexibility index (Phi) is 5.25. The standard InChI is InChI=1S/C21H11BrFN3O2S/c22-14-1-6-19-12(7-14)8-17(21(27)28-19)18-11-29-20(26-18)13(9-24)10-25-16-4-2-15(23)3-5-16/h1-8,10-11,25H/b13-10-. The average molecular weight is 468 g/mol. The number of hydrogen-bond acceptors (Lipinski definition) is 6. The molecular weight excluding hydrogens is 457 g/mol. The van der Waals surface area contributed by atoms with Gasteiger partial charge in [-0.15, -0.1) is 11.3 Å². The van der Waals surface area contributed by atoms with Gasteiger partial charge in [0, 0.05) is 27.1 Å². The summed E-state index contributed by atoms with van der Waals surface area (Å²) in [6, 6.07) is 14.9. The lowest BCUT2D eigenvalue weighted by Gasteiger charge is -2.01. The Hall–Kier alpha value is -3.28. The largest absolute Gasteiger partial charge is 0.422 e. The second-order valence-corrected chi connectivity index (χ2v) is 7.76. The van der Waals surface area contributed by atoms with Gasteiger partial charge in [0.1, 0.15) is 28.1 Å². The number of rotatable bonds is 4. The van der Waals surface area contributed by atoms with Crippen LogP contribution >= 0.6 is 27.3 Å². The molecule has 0 unspecified atom stereocenters. The number of allylic oxidation sites excluding steroid dienone is 1. The molecule has 142 valence electrons. The highest BCUT2D eigenvalue weighted by atomic mass is 79.9. The van der Waals surface area contributed by atoms with Gasteiger partial charge < -0.3 is 9.73 Å². The topological polar surface area (TPSA) is 78.9 Å². The zero-order valence-corrected chi connectivity index (χ0v) is 17.1. The molecule has 2 aromatic carbocycles. The van der Waals surface area contributed by atoms with Crippen molar-refractivity contribution in [3.8, 4) is 17.3 Å². The lowest BCUT2D eigenvalue weighted by atomic mass is 10.1. The molecule has 0 saturated heterocycles. The Balaban J connectivity index is 1.66. The van der Waals surface area contributed by atoms with E-state index in [0.29, 0.717) is 33.1 Å². The first-order valence-corrected chi connectivity index (χ1v) is 10.0. The normalized spacial score (nSPS) is 11.4. The van der Waals surface area contributed by atoms with E-state index < -0.39 is 5.63 Å². The average Bonchev–Trinajstić information content (AvgIpc) is 3.19. The number of nitrogens with one attached hydrogen (secondary N) is 1. The van der Waals surface area contributed by atoms with Crippen molar-refractivity contribution in [1.82, 2.24) is 4.98 Å². The molecule has 0 atom stereocenters. The lowest BCUT2D eigenvalue weighted by molar-refractivity contribution is 0.563. The van der Waals surface area contributed by atoms with Gasteiger partial charge in [0.2, 0.25) is 0 Å². The summed E-state index contributed by atoms with van der Waals surface area (Å²) in [5, 5.41) is 15.3. The molecule has 1 N–H and O–H groups in total. The second-order valence-electron chi connectivity index (χ2n) is 5.99. The number of aromatic nitrogens is 1. The van der Waals surface area contributed by atoms with E-state index in [9.17, 15) is 14.4 Å². The first-order valence-electron chi connectivity index (χ1n) is 8.35. The molecule has 0 amide bonds. The summed E-state index contributed by atoms with van der Waals surface area (Å²) >= 11 is 4.64. The van der Waals surface area contributed by atoms with Gasteiger partial charge >= 0.3 is 5.63 Å². The van der Waals surface area contributed by atoms with Gasteiger partial charge in [-0.1, -0.05) is 15.9 Å². The maximum Gasteiger partial charge on any atom is 0.345 e. The summed E-state index contributed by atoms with van der Waals surface area (Å²) in [5.41, 5.74) is 1.67. The van der Waals surface area contributed by atoms with Crippen LogP contribution in [0.15, 0.2) is 73.8 Å². The van der Waals surface area contributed by atoms with E-state index in [0.717, 1.165) is 9.86 Å². The molecule has 0 spiro atoms. The number of halogens is 2. The maximum absolute atomic E-state index is 13.0. The van der Waals surface area contributed by atoms with Crippen molar-refractivity contribution in [2.75, 3.05) is 5.32 Å². The van der Waals surface area contributed by atoms with Gasteiger partial charge in [0.25, 0.3) is 0 Å². The predicted molar refractivity (Wildman–Crippen MR) is 115 cm³/mol. The zero-order valence-electron chi connectivity index (χ0n) is 14.6. The zero-order chi connectivity index (χ0) is 20.4. The van der Waals surface area contributed by atoms with E-state index >= 15 is 0 Å². The molecule has 0 aliphatic heterocycles. The van der Waals surface area contributed by atoms with Crippen molar-refractivity contribution in [1.29, 1.82) is 5.26 Å². The highest BCUT2D eigenvalue weighted by Crippen LogP contribution is 2.27. The smallest absolute Gasteiger partial charge is 0.345 e. The Labute approximate surface area is 176 Å². The summed E-state index contributed by atoms with van der Waals surface area (Å²) in [6.07, 6.45) is 1.50. The summed E-state index contributed by atoms with van der Waals surface area (Å²) in [4.78, 5) is 16.8. The molecule has 0 aliphatic carbocycles. The van der Waals surface area contributed by atoms with E-state index in [2.05, 4.69) is 32.3 Å². The molecule has 2 aromatic heterocycles. The predicted octanol–water partition coefficient (Wildman–Crippen LogP) is 5.79. The molecule has 29 heavy (non-hydrogen) atoms. The van der Waals surface area contributed by atoms with E-state index in [1.165, 1.54) is 29.7 Å². The fourth-order valence-electron chi connectivity index (χ4n) is 2.64. The van der Waals surface area contributed by atoms with Crippen LogP contribution in [-0.4, -0.2) is 4.98 Å². The van der Waals surface area contributed by atoms with Crippen LogP contribution in [0.3, 0.4) is 0 Å². The molecule has 0 fully saturated rings. The molecular formula is C21H11BrFN3O2S. The first-order chi connectivity index (χ1) is 14.0. The summed E-state index contributed by atoms with van der Waals surface area (Å²) in [7, 11) is 0. The van der Waals surface area contributed by atoms with Gasteiger partial charge in [-0.25, -0.2) is 14.2 Å². The fourth-order valence-corrected chi connectivity index (χ4v) is 3.80. The Morgan fingerprint density at radius 3 is 2.79 bits per heavy atom.